The summed E-state index contributed by atoms with van der Waals surface area (Å²) in [4.78, 5) is 25.6. The summed E-state index contributed by atoms with van der Waals surface area (Å²) in [5.41, 5.74) is 2.53. The Morgan fingerprint density at radius 1 is 0.944 bits per heavy atom. The maximum absolute atomic E-state index is 13.1. The number of carbonyl (C=O) groups excluding carboxylic acids is 2. The fraction of sp³-hybridized carbons (Fsp3) is 0.179. The van der Waals surface area contributed by atoms with Crippen molar-refractivity contribution in [3.63, 3.8) is 0 Å². The lowest BCUT2D eigenvalue weighted by Gasteiger charge is -2.17. The molecule has 0 radical (unpaired) electrons. The minimum atomic E-state index is -0.649. The first-order valence-corrected chi connectivity index (χ1v) is 11.6. The Balaban J connectivity index is 1.48. The number of aromatic hydroxyl groups is 1. The van der Waals surface area contributed by atoms with Crippen LogP contribution in [-0.4, -0.2) is 28.0 Å². The minimum absolute atomic E-state index is 0.122. The molecule has 0 bridgehead atoms. The summed E-state index contributed by atoms with van der Waals surface area (Å²) < 4.78 is 1.65. The predicted octanol–water partition coefficient (Wildman–Crippen LogP) is 5.21. The normalized spacial score (nSPS) is 11.1. The number of nitrogens with zero attached hydrogens (tertiary/aromatic N) is 4. The summed E-state index contributed by atoms with van der Waals surface area (Å²) in [6.45, 7) is 0.0971. The number of rotatable bonds is 9. The molecule has 0 aliphatic rings. The van der Waals surface area contributed by atoms with E-state index in [1.165, 1.54) is 0 Å². The molecule has 8 heteroatoms. The summed E-state index contributed by atoms with van der Waals surface area (Å²) in [5, 5.41) is 30.6. The van der Waals surface area contributed by atoms with E-state index in [-0.39, 0.29) is 24.0 Å². The van der Waals surface area contributed by atoms with Crippen LogP contribution in [0.1, 0.15) is 29.9 Å². The van der Waals surface area contributed by atoms with E-state index in [4.69, 9.17) is 5.26 Å². The van der Waals surface area contributed by atoms with Gasteiger partial charge < -0.3 is 15.0 Å². The predicted molar refractivity (Wildman–Crippen MR) is 136 cm³/mol. The Hall–Kier alpha value is -4.77. The van der Waals surface area contributed by atoms with Crippen molar-refractivity contribution in [2.75, 3.05) is 6.54 Å². The second kappa shape index (κ2) is 11.6. The zero-order valence-corrected chi connectivity index (χ0v) is 19.5. The van der Waals surface area contributed by atoms with Crippen molar-refractivity contribution < 1.29 is 14.7 Å². The number of aromatic nitrogens is 1. The van der Waals surface area contributed by atoms with Gasteiger partial charge in [-0.15, -0.1) is 10.2 Å². The van der Waals surface area contributed by atoms with Gasteiger partial charge in [0.2, 0.25) is 11.8 Å². The molecule has 2 N–H and O–H groups in total. The number of aryl methyl sites for hydroxylation is 1. The highest BCUT2D eigenvalue weighted by Crippen LogP contribution is 2.39. The Morgan fingerprint density at radius 2 is 1.56 bits per heavy atom. The standard InChI is InChI=1S/C28H25N5O3/c29-17-9-10-18-33-23-16-8-7-15-22(23)26(28(33)36)32-31-24(34)19-30-27(35)25(20-11-3-1-4-12-20)21-13-5-2-6-14-21/h1-8,11-16,25,36H,9-10,18-19H2,(H,30,35). The zero-order chi connectivity index (χ0) is 25.3. The highest BCUT2D eigenvalue weighted by atomic mass is 16.3. The lowest BCUT2D eigenvalue weighted by Crippen LogP contribution is -2.33. The van der Waals surface area contributed by atoms with Gasteiger partial charge in [-0.05, 0) is 23.6 Å². The van der Waals surface area contributed by atoms with E-state index in [1.807, 2.05) is 72.8 Å². The third-order valence-electron chi connectivity index (χ3n) is 5.79. The van der Waals surface area contributed by atoms with E-state index >= 15 is 0 Å². The molecular formula is C28H25N5O3. The van der Waals surface area contributed by atoms with Crippen LogP contribution in [0.15, 0.2) is 95.2 Å². The van der Waals surface area contributed by atoms with Crippen LogP contribution in [0, 0.1) is 11.3 Å². The van der Waals surface area contributed by atoms with Crippen LogP contribution in [0.5, 0.6) is 5.88 Å². The number of para-hydroxylation sites is 1. The molecular weight excluding hydrogens is 454 g/mol. The van der Waals surface area contributed by atoms with Crippen LogP contribution in [0.3, 0.4) is 0 Å². The largest absolute Gasteiger partial charge is 0.493 e. The number of amides is 2. The first-order chi connectivity index (χ1) is 17.6. The number of hydrogen-bond acceptors (Lipinski definition) is 5. The minimum Gasteiger partial charge on any atom is -0.493 e. The van der Waals surface area contributed by atoms with Crippen LogP contribution >= 0.6 is 0 Å². The van der Waals surface area contributed by atoms with Crippen molar-refractivity contribution in [3.8, 4) is 11.9 Å². The molecule has 1 heterocycles. The van der Waals surface area contributed by atoms with Crippen LogP contribution in [-0.2, 0) is 16.1 Å². The smallest absolute Gasteiger partial charge is 0.283 e. The summed E-state index contributed by atoms with van der Waals surface area (Å²) in [5.74, 6) is -1.67. The maximum Gasteiger partial charge on any atom is 0.283 e. The number of fused-ring (bicyclic) bond motifs is 1. The van der Waals surface area contributed by atoms with E-state index in [9.17, 15) is 14.7 Å². The molecule has 180 valence electrons. The SMILES string of the molecule is N#CCCCn1c(O)c(N=NC(=O)CNC(=O)C(c2ccccc2)c2ccccc2)c2ccccc21. The van der Waals surface area contributed by atoms with Crippen molar-refractivity contribution in [3.05, 3.63) is 96.1 Å². The fourth-order valence-corrected chi connectivity index (χ4v) is 4.10. The lowest BCUT2D eigenvalue weighted by molar-refractivity contribution is -0.125. The van der Waals surface area contributed by atoms with E-state index in [1.54, 1.807) is 16.7 Å². The molecule has 4 rings (SSSR count). The molecule has 0 saturated heterocycles. The molecule has 1 aromatic heterocycles. The monoisotopic (exact) mass is 479 g/mol. The average Bonchev–Trinajstić information content (AvgIpc) is 3.18. The Morgan fingerprint density at radius 3 is 2.19 bits per heavy atom. The van der Waals surface area contributed by atoms with Gasteiger partial charge in [0, 0.05) is 18.4 Å². The number of nitriles is 1. The van der Waals surface area contributed by atoms with E-state index in [0.29, 0.717) is 24.8 Å². The number of nitrogens with one attached hydrogen (secondary N) is 1. The van der Waals surface area contributed by atoms with Crippen LogP contribution in [0.25, 0.3) is 10.9 Å². The van der Waals surface area contributed by atoms with Gasteiger partial charge in [0.05, 0.1) is 17.5 Å². The Labute approximate surface area is 208 Å². The highest BCUT2D eigenvalue weighted by Gasteiger charge is 2.23. The molecule has 0 fully saturated rings. The summed E-state index contributed by atoms with van der Waals surface area (Å²) in [6, 6.07) is 28.0. The molecule has 0 atom stereocenters. The lowest BCUT2D eigenvalue weighted by atomic mass is 9.90. The molecule has 3 aromatic carbocycles. The van der Waals surface area contributed by atoms with E-state index in [0.717, 1.165) is 16.6 Å². The van der Waals surface area contributed by atoms with Crippen molar-refractivity contribution in [2.24, 2.45) is 10.2 Å². The third kappa shape index (κ3) is 5.47. The zero-order valence-electron chi connectivity index (χ0n) is 19.5. The van der Waals surface area contributed by atoms with Gasteiger partial charge in [0.25, 0.3) is 5.91 Å². The van der Waals surface area contributed by atoms with Crippen molar-refractivity contribution in [1.29, 1.82) is 5.26 Å². The Kier molecular flexibility index (Phi) is 7.83. The fourth-order valence-electron chi connectivity index (χ4n) is 4.10. The summed E-state index contributed by atoms with van der Waals surface area (Å²) >= 11 is 0. The molecule has 0 aliphatic carbocycles. The van der Waals surface area contributed by atoms with Crippen molar-refractivity contribution in [1.82, 2.24) is 9.88 Å². The van der Waals surface area contributed by atoms with Crippen molar-refractivity contribution >= 4 is 28.4 Å². The first kappa shape index (κ1) is 24.4. The van der Waals surface area contributed by atoms with Gasteiger partial charge in [0.15, 0.2) is 5.69 Å². The van der Waals surface area contributed by atoms with Gasteiger partial charge in [-0.2, -0.15) is 5.26 Å². The second-order valence-electron chi connectivity index (χ2n) is 8.17. The van der Waals surface area contributed by atoms with Gasteiger partial charge in [-0.3, -0.25) is 9.59 Å². The topological polar surface area (TPSA) is 120 Å². The van der Waals surface area contributed by atoms with Crippen LogP contribution in [0.2, 0.25) is 0 Å². The average molecular weight is 480 g/mol. The molecule has 0 spiro atoms. The number of carbonyl (C=O) groups is 2. The number of hydrogen-bond donors (Lipinski definition) is 2. The van der Waals surface area contributed by atoms with Crippen molar-refractivity contribution in [2.45, 2.75) is 25.3 Å². The molecule has 36 heavy (non-hydrogen) atoms. The molecule has 4 aromatic rings. The quantitative estimate of drug-likeness (QED) is 0.253. The van der Waals surface area contributed by atoms with Gasteiger partial charge in [0.1, 0.15) is 6.54 Å². The number of azo groups is 1. The summed E-state index contributed by atoms with van der Waals surface area (Å²) in [7, 11) is 0. The highest BCUT2D eigenvalue weighted by molar-refractivity contribution is 5.95. The van der Waals surface area contributed by atoms with Crippen LogP contribution < -0.4 is 5.32 Å². The number of benzene rings is 3. The molecule has 8 nitrogen and oxygen atoms in total. The van der Waals surface area contributed by atoms with E-state index < -0.39 is 11.8 Å². The first-order valence-electron chi connectivity index (χ1n) is 11.6. The van der Waals surface area contributed by atoms with Gasteiger partial charge in [-0.25, -0.2) is 0 Å². The maximum atomic E-state index is 13.1. The van der Waals surface area contributed by atoms with Gasteiger partial charge >= 0.3 is 0 Å². The third-order valence-corrected chi connectivity index (χ3v) is 5.79. The summed E-state index contributed by atoms with van der Waals surface area (Å²) in [6.07, 6.45) is 0.919. The molecule has 0 aliphatic heterocycles. The molecule has 0 unspecified atom stereocenters. The molecule has 0 saturated carbocycles. The van der Waals surface area contributed by atoms with E-state index in [2.05, 4.69) is 21.6 Å². The number of unbranched alkanes of at least 4 members (excludes halogenated alkanes) is 1. The van der Waals surface area contributed by atoms with Gasteiger partial charge in [-0.1, -0.05) is 78.9 Å². The Bertz CT molecular complexity index is 1380. The second-order valence-corrected chi connectivity index (χ2v) is 8.17. The van der Waals surface area contributed by atoms with Crippen LogP contribution in [0.4, 0.5) is 5.69 Å². The molecule has 2 amide bonds.